The van der Waals surface area contributed by atoms with Gasteiger partial charge in [-0.3, -0.25) is 0 Å². The Kier molecular flexibility index (Phi) is 6.91. The molecular formula is C14H17F3O2S. The predicted octanol–water partition coefficient (Wildman–Crippen LogP) is 5.04. The number of hydrogen-bond acceptors (Lipinski definition) is 3. The highest BCUT2D eigenvalue weighted by atomic mass is 32.2. The van der Waals surface area contributed by atoms with Gasteiger partial charge in [-0.1, -0.05) is 26.2 Å². The van der Waals surface area contributed by atoms with Crippen LogP contribution in [0.25, 0.3) is 0 Å². The molecule has 0 saturated carbocycles. The van der Waals surface area contributed by atoms with Crippen LogP contribution in [0.4, 0.5) is 13.2 Å². The second-order valence-electron chi connectivity index (χ2n) is 4.27. The smallest absolute Gasteiger partial charge is 0.446 e. The van der Waals surface area contributed by atoms with Crippen molar-refractivity contribution >= 4 is 17.7 Å². The maximum atomic E-state index is 12.1. The molecule has 0 radical (unpaired) electrons. The lowest BCUT2D eigenvalue weighted by Gasteiger charge is -2.07. The van der Waals surface area contributed by atoms with Crippen LogP contribution >= 0.6 is 11.8 Å². The zero-order chi connectivity index (χ0) is 15.0. The van der Waals surface area contributed by atoms with Crippen LogP contribution in [-0.2, 0) is 4.74 Å². The average molecular weight is 306 g/mol. The van der Waals surface area contributed by atoms with E-state index in [0.717, 1.165) is 25.7 Å². The standard InChI is InChI=1S/C14H17F3O2S/c1-2-3-4-5-10-19-13(18)11-6-8-12(9-7-11)20-14(15,16)17/h6-9H,2-5,10H2,1H3. The minimum absolute atomic E-state index is 0.0528. The van der Waals surface area contributed by atoms with Gasteiger partial charge in [-0.15, -0.1) is 0 Å². The Morgan fingerprint density at radius 3 is 2.35 bits per heavy atom. The fourth-order valence-corrected chi connectivity index (χ4v) is 2.11. The number of carbonyl (C=O) groups is 1. The molecular weight excluding hydrogens is 289 g/mol. The summed E-state index contributed by atoms with van der Waals surface area (Å²) in [4.78, 5) is 11.7. The molecule has 0 aliphatic heterocycles. The van der Waals surface area contributed by atoms with E-state index in [1.54, 1.807) is 0 Å². The van der Waals surface area contributed by atoms with Crippen LogP contribution in [0.5, 0.6) is 0 Å². The number of carbonyl (C=O) groups excluding carboxylic acids is 1. The van der Waals surface area contributed by atoms with E-state index in [2.05, 4.69) is 6.92 Å². The summed E-state index contributed by atoms with van der Waals surface area (Å²) in [7, 11) is 0. The lowest BCUT2D eigenvalue weighted by Crippen LogP contribution is -2.06. The zero-order valence-electron chi connectivity index (χ0n) is 11.2. The van der Waals surface area contributed by atoms with Crippen molar-refractivity contribution in [1.82, 2.24) is 0 Å². The van der Waals surface area contributed by atoms with Gasteiger partial charge >= 0.3 is 11.5 Å². The molecule has 20 heavy (non-hydrogen) atoms. The van der Waals surface area contributed by atoms with Gasteiger partial charge in [0.1, 0.15) is 0 Å². The SMILES string of the molecule is CCCCCCOC(=O)c1ccc(SC(F)(F)F)cc1. The number of halogens is 3. The number of rotatable bonds is 7. The molecule has 0 heterocycles. The van der Waals surface area contributed by atoms with Gasteiger partial charge in [0.2, 0.25) is 0 Å². The number of unbranched alkanes of at least 4 members (excludes halogenated alkanes) is 3. The largest absolute Gasteiger partial charge is 0.462 e. The summed E-state index contributed by atoms with van der Waals surface area (Å²) in [6, 6.07) is 5.24. The van der Waals surface area contributed by atoms with Gasteiger partial charge in [-0.05, 0) is 42.4 Å². The Morgan fingerprint density at radius 1 is 1.15 bits per heavy atom. The highest BCUT2D eigenvalue weighted by Crippen LogP contribution is 2.36. The van der Waals surface area contributed by atoms with E-state index in [9.17, 15) is 18.0 Å². The second kappa shape index (κ2) is 8.19. The van der Waals surface area contributed by atoms with Gasteiger partial charge in [0.05, 0.1) is 12.2 Å². The molecule has 1 rings (SSSR count). The molecule has 0 aromatic heterocycles. The van der Waals surface area contributed by atoms with E-state index in [4.69, 9.17) is 4.74 Å². The first-order chi connectivity index (χ1) is 9.42. The monoisotopic (exact) mass is 306 g/mol. The van der Waals surface area contributed by atoms with Crippen molar-refractivity contribution in [3.8, 4) is 0 Å². The molecule has 1 aromatic rings. The van der Waals surface area contributed by atoms with Crippen molar-refractivity contribution in [2.24, 2.45) is 0 Å². The predicted molar refractivity (Wildman–Crippen MR) is 72.8 cm³/mol. The fraction of sp³-hybridized carbons (Fsp3) is 0.500. The number of benzene rings is 1. The molecule has 0 bridgehead atoms. The first-order valence-corrected chi connectivity index (χ1v) is 7.27. The first-order valence-electron chi connectivity index (χ1n) is 6.45. The highest BCUT2D eigenvalue weighted by molar-refractivity contribution is 8.00. The number of esters is 1. The van der Waals surface area contributed by atoms with Crippen molar-refractivity contribution in [3.63, 3.8) is 0 Å². The van der Waals surface area contributed by atoms with Crippen LogP contribution in [0.3, 0.4) is 0 Å². The molecule has 6 heteroatoms. The van der Waals surface area contributed by atoms with E-state index in [-0.39, 0.29) is 22.2 Å². The van der Waals surface area contributed by atoms with E-state index >= 15 is 0 Å². The summed E-state index contributed by atoms with van der Waals surface area (Å²) < 4.78 is 41.5. The molecule has 0 fully saturated rings. The summed E-state index contributed by atoms with van der Waals surface area (Å²) in [6.45, 7) is 2.43. The minimum Gasteiger partial charge on any atom is -0.462 e. The molecule has 0 aliphatic carbocycles. The number of thioether (sulfide) groups is 1. The molecule has 2 nitrogen and oxygen atoms in total. The quantitative estimate of drug-likeness (QED) is 0.401. The summed E-state index contributed by atoms with van der Waals surface area (Å²) in [5.41, 5.74) is -4.05. The van der Waals surface area contributed by atoms with Crippen molar-refractivity contribution in [1.29, 1.82) is 0 Å². The van der Waals surface area contributed by atoms with Crippen molar-refractivity contribution in [2.75, 3.05) is 6.61 Å². The van der Waals surface area contributed by atoms with Gasteiger partial charge in [0, 0.05) is 4.90 Å². The first kappa shape index (κ1) is 16.9. The summed E-state index contributed by atoms with van der Waals surface area (Å²) in [5.74, 6) is -0.495. The molecule has 0 saturated heterocycles. The number of ether oxygens (including phenoxy) is 1. The Labute approximate surface area is 120 Å². The molecule has 0 spiro atoms. The lowest BCUT2D eigenvalue weighted by atomic mass is 10.2. The topological polar surface area (TPSA) is 26.3 Å². The van der Waals surface area contributed by atoms with E-state index in [1.807, 2.05) is 0 Å². The normalized spacial score (nSPS) is 11.4. The fourth-order valence-electron chi connectivity index (χ4n) is 1.57. The molecule has 0 unspecified atom stereocenters. The van der Waals surface area contributed by atoms with Crippen LogP contribution in [-0.4, -0.2) is 18.1 Å². The molecule has 112 valence electrons. The van der Waals surface area contributed by atoms with E-state index in [0.29, 0.717) is 6.61 Å². The Hall–Kier alpha value is -1.17. The van der Waals surface area contributed by atoms with Crippen LogP contribution < -0.4 is 0 Å². The van der Waals surface area contributed by atoms with Gasteiger partial charge in [-0.25, -0.2) is 4.79 Å². The molecule has 0 N–H and O–H groups in total. The summed E-state index contributed by atoms with van der Waals surface area (Å²) in [6.07, 6.45) is 4.01. The van der Waals surface area contributed by atoms with Gasteiger partial charge in [0.25, 0.3) is 0 Å². The molecule has 0 aliphatic rings. The van der Waals surface area contributed by atoms with E-state index in [1.165, 1.54) is 24.3 Å². The van der Waals surface area contributed by atoms with Crippen molar-refractivity contribution in [2.45, 2.75) is 43.0 Å². The van der Waals surface area contributed by atoms with Crippen molar-refractivity contribution < 1.29 is 22.7 Å². The third kappa shape index (κ3) is 6.84. The second-order valence-corrected chi connectivity index (χ2v) is 5.41. The molecule has 0 amide bonds. The van der Waals surface area contributed by atoms with Crippen LogP contribution in [0.1, 0.15) is 43.0 Å². The molecule has 0 atom stereocenters. The summed E-state index contributed by atoms with van der Waals surface area (Å²) in [5, 5.41) is 0. The van der Waals surface area contributed by atoms with Crippen molar-refractivity contribution in [3.05, 3.63) is 29.8 Å². The third-order valence-electron chi connectivity index (χ3n) is 2.55. The third-order valence-corrected chi connectivity index (χ3v) is 3.29. The Bertz CT molecular complexity index is 415. The lowest BCUT2D eigenvalue weighted by molar-refractivity contribution is -0.0328. The zero-order valence-corrected chi connectivity index (χ0v) is 12.0. The van der Waals surface area contributed by atoms with Crippen LogP contribution in [0, 0.1) is 0 Å². The maximum absolute atomic E-state index is 12.1. The average Bonchev–Trinajstić information content (AvgIpc) is 2.37. The van der Waals surface area contributed by atoms with Crippen LogP contribution in [0.15, 0.2) is 29.2 Å². The van der Waals surface area contributed by atoms with Gasteiger partial charge < -0.3 is 4.74 Å². The van der Waals surface area contributed by atoms with E-state index < -0.39 is 11.5 Å². The summed E-state index contributed by atoms with van der Waals surface area (Å²) >= 11 is -0.204. The Balaban J connectivity index is 2.41. The Morgan fingerprint density at radius 2 is 1.80 bits per heavy atom. The molecule has 1 aromatic carbocycles. The van der Waals surface area contributed by atoms with Gasteiger partial charge in [-0.2, -0.15) is 13.2 Å². The minimum atomic E-state index is -4.32. The number of hydrogen-bond donors (Lipinski definition) is 0. The highest BCUT2D eigenvalue weighted by Gasteiger charge is 2.29. The van der Waals surface area contributed by atoms with Gasteiger partial charge in [0.15, 0.2) is 0 Å². The number of alkyl halides is 3. The maximum Gasteiger partial charge on any atom is 0.446 e. The van der Waals surface area contributed by atoms with Crippen LogP contribution in [0.2, 0.25) is 0 Å².